The second-order valence-electron chi connectivity index (χ2n) is 8.63. The summed E-state index contributed by atoms with van der Waals surface area (Å²) >= 11 is 5.96. The highest BCUT2D eigenvalue weighted by Crippen LogP contribution is 2.13. The lowest BCUT2D eigenvalue weighted by Crippen LogP contribution is -2.51. The Bertz CT molecular complexity index is 632. The Hall–Kier alpha value is -1.18. The van der Waals surface area contributed by atoms with Gasteiger partial charge in [-0.1, -0.05) is 37.6 Å². The van der Waals surface area contributed by atoms with Gasteiger partial charge >= 0.3 is 0 Å². The second-order valence-corrected chi connectivity index (χ2v) is 9.07. The van der Waals surface area contributed by atoms with Gasteiger partial charge in [-0.05, 0) is 23.6 Å². The highest BCUT2D eigenvalue weighted by molar-refractivity contribution is 6.30. The fourth-order valence-electron chi connectivity index (χ4n) is 4.03. The lowest BCUT2D eigenvalue weighted by molar-refractivity contribution is -0.124. The zero-order valence-corrected chi connectivity index (χ0v) is 18.5. The van der Waals surface area contributed by atoms with E-state index in [0.717, 1.165) is 64.0 Å². The minimum Gasteiger partial charge on any atom is -0.374 e. The molecule has 0 aliphatic carbocycles. The molecule has 29 heavy (non-hydrogen) atoms. The summed E-state index contributed by atoms with van der Waals surface area (Å²) < 4.78 is 5.82. The van der Waals surface area contributed by atoms with E-state index < -0.39 is 0 Å². The Morgan fingerprint density at radius 1 is 1.10 bits per heavy atom. The fourth-order valence-corrected chi connectivity index (χ4v) is 4.15. The van der Waals surface area contributed by atoms with Gasteiger partial charge in [0.2, 0.25) is 5.91 Å². The Balaban J connectivity index is 1.32. The lowest BCUT2D eigenvalue weighted by Gasteiger charge is -2.35. The number of nitrogens with zero attached hydrogens (tertiary/aromatic N) is 3. The van der Waals surface area contributed by atoms with Crippen LogP contribution < -0.4 is 5.32 Å². The smallest absolute Gasteiger partial charge is 0.234 e. The average Bonchev–Trinajstić information content (AvgIpc) is 2.69. The van der Waals surface area contributed by atoms with Crippen molar-refractivity contribution in [2.45, 2.75) is 26.5 Å². The second kappa shape index (κ2) is 11.3. The molecule has 0 spiro atoms. The van der Waals surface area contributed by atoms with Crippen molar-refractivity contribution in [2.75, 3.05) is 65.5 Å². The van der Waals surface area contributed by atoms with E-state index >= 15 is 0 Å². The molecule has 1 atom stereocenters. The number of halogens is 1. The zero-order valence-electron chi connectivity index (χ0n) is 17.8. The largest absolute Gasteiger partial charge is 0.374 e. The van der Waals surface area contributed by atoms with Crippen LogP contribution >= 0.6 is 11.6 Å². The van der Waals surface area contributed by atoms with Crippen LogP contribution in [-0.2, 0) is 16.1 Å². The maximum Gasteiger partial charge on any atom is 0.234 e. The summed E-state index contributed by atoms with van der Waals surface area (Å²) in [6.07, 6.45) is 0.0997. The number of hydrogen-bond donors (Lipinski definition) is 1. The van der Waals surface area contributed by atoms with E-state index in [1.165, 1.54) is 5.56 Å². The molecule has 2 saturated heterocycles. The number of carbonyl (C=O) groups is 1. The van der Waals surface area contributed by atoms with E-state index in [0.29, 0.717) is 19.0 Å². The minimum atomic E-state index is 0.0979. The number of piperazine rings is 1. The maximum absolute atomic E-state index is 12.4. The number of morpholine rings is 1. The van der Waals surface area contributed by atoms with E-state index in [1.807, 2.05) is 12.1 Å². The highest BCUT2D eigenvalue weighted by atomic mass is 35.5. The van der Waals surface area contributed by atoms with Crippen molar-refractivity contribution in [3.8, 4) is 0 Å². The Morgan fingerprint density at radius 2 is 1.79 bits per heavy atom. The normalized spacial score (nSPS) is 22.1. The van der Waals surface area contributed by atoms with Gasteiger partial charge < -0.3 is 10.1 Å². The van der Waals surface area contributed by atoms with Crippen LogP contribution in [0.2, 0.25) is 5.02 Å². The topological polar surface area (TPSA) is 48.1 Å². The molecule has 0 radical (unpaired) electrons. The van der Waals surface area contributed by atoms with Gasteiger partial charge in [-0.2, -0.15) is 0 Å². The van der Waals surface area contributed by atoms with Gasteiger partial charge in [-0.3, -0.25) is 19.5 Å². The van der Waals surface area contributed by atoms with Crippen LogP contribution in [0.25, 0.3) is 0 Å². The molecule has 162 valence electrons. The third-order valence-electron chi connectivity index (χ3n) is 5.52. The molecule has 6 nitrogen and oxygen atoms in total. The number of rotatable bonds is 8. The number of ether oxygens (including phenoxy) is 1. The van der Waals surface area contributed by atoms with Crippen molar-refractivity contribution in [1.29, 1.82) is 0 Å². The third-order valence-corrected chi connectivity index (χ3v) is 5.78. The Kier molecular flexibility index (Phi) is 8.75. The van der Waals surface area contributed by atoms with Gasteiger partial charge in [-0.15, -0.1) is 0 Å². The predicted molar refractivity (Wildman–Crippen MR) is 117 cm³/mol. The van der Waals surface area contributed by atoms with E-state index in [4.69, 9.17) is 16.3 Å². The first-order valence-electron chi connectivity index (χ1n) is 10.8. The Morgan fingerprint density at radius 3 is 2.48 bits per heavy atom. The molecule has 2 fully saturated rings. The van der Waals surface area contributed by atoms with Crippen LogP contribution in [0.4, 0.5) is 0 Å². The molecule has 1 N–H and O–H groups in total. The van der Waals surface area contributed by atoms with Crippen LogP contribution in [0, 0.1) is 5.92 Å². The lowest BCUT2D eigenvalue weighted by atomic mass is 10.2. The van der Waals surface area contributed by atoms with Gasteiger partial charge in [-0.25, -0.2) is 0 Å². The van der Waals surface area contributed by atoms with Crippen LogP contribution in [0.3, 0.4) is 0 Å². The monoisotopic (exact) mass is 422 g/mol. The van der Waals surface area contributed by atoms with E-state index in [-0.39, 0.29) is 12.0 Å². The van der Waals surface area contributed by atoms with Gasteiger partial charge in [0.15, 0.2) is 0 Å². The molecule has 7 heteroatoms. The molecule has 1 aromatic carbocycles. The number of amides is 1. The standard InChI is InChI=1S/C22H35ClN4O2/c1-18(2)14-27-11-12-29-21(16-27)13-24-22(28)17-26-9-7-25(8-10-26)15-19-3-5-20(23)6-4-19/h3-6,18,21H,7-17H2,1-2H3,(H,24,28). The van der Waals surface area contributed by atoms with Crippen LogP contribution in [0.1, 0.15) is 19.4 Å². The van der Waals surface area contributed by atoms with Crippen molar-refractivity contribution < 1.29 is 9.53 Å². The third kappa shape index (κ3) is 7.87. The van der Waals surface area contributed by atoms with Crippen LogP contribution in [-0.4, -0.2) is 92.2 Å². The first-order chi connectivity index (χ1) is 14.0. The number of carbonyl (C=O) groups excluding carboxylic acids is 1. The van der Waals surface area contributed by atoms with Crippen molar-refractivity contribution >= 4 is 17.5 Å². The zero-order chi connectivity index (χ0) is 20.6. The van der Waals surface area contributed by atoms with Crippen LogP contribution in [0.5, 0.6) is 0 Å². The van der Waals surface area contributed by atoms with Gasteiger partial charge in [0, 0.05) is 63.9 Å². The molecular formula is C22H35ClN4O2. The Labute approximate surface area is 180 Å². The summed E-state index contributed by atoms with van der Waals surface area (Å²) in [5.41, 5.74) is 1.28. The van der Waals surface area contributed by atoms with Gasteiger partial charge in [0.1, 0.15) is 0 Å². The number of benzene rings is 1. The SMILES string of the molecule is CC(C)CN1CCOC(CNC(=O)CN2CCN(Cc3ccc(Cl)cc3)CC2)C1. The molecule has 0 aromatic heterocycles. The molecule has 0 bridgehead atoms. The molecule has 1 amide bonds. The summed E-state index contributed by atoms with van der Waals surface area (Å²) in [6.45, 7) is 14.0. The minimum absolute atomic E-state index is 0.0979. The molecule has 0 saturated carbocycles. The number of nitrogens with one attached hydrogen (secondary N) is 1. The van der Waals surface area contributed by atoms with Crippen LogP contribution in [0.15, 0.2) is 24.3 Å². The molecular weight excluding hydrogens is 388 g/mol. The van der Waals surface area contributed by atoms with Crippen molar-refractivity contribution in [2.24, 2.45) is 5.92 Å². The predicted octanol–water partition coefficient (Wildman–Crippen LogP) is 1.93. The molecule has 2 aliphatic rings. The first-order valence-corrected chi connectivity index (χ1v) is 11.2. The summed E-state index contributed by atoms with van der Waals surface area (Å²) in [5.74, 6) is 0.752. The van der Waals surface area contributed by atoms with Crippen molar-refractivity contribution in [3.05, 3.63) is 34.9 Å². The van der Waals surface area contributed by atoms with E-state index in [1.54, 1.807) is 0 Å². The molecule has 1 unspecified atom stereocenters. The first kappa shape index (κ1) is 22.5. The fraction of sp³-hybridized carbons (Fsp3) is 0.682. The summed E-state index contributed by atoms with van der Waals surface area (Å²) in [4.78, 5) is 19.5. The van der Waals surface area contributed by atoms with Crippen molar-refractivity contribution in [1.82, 2.24) is 20.0 Å². The summed E-state index contributed by atoms with van der Waals surface area (Å²) in [5, 5.41) is 3.85. The average molecular weight is 423 g/mol. The summed E-state index contributed by atoms with van der Waals surface area (Å²) in [7, 11) is 0. The van der Waals surface area contributed by atoms with E-state index in [9.17, 15) is 4.79 Å². The molecule has 3 rings (SSSR count). The van der Waals surface area contributed by atoms with E-state index in [2.05, 4.69) is 46.0 Å². The summed E-state index contributed by atoms with van der Waals surface area (Å²) in [6, 6.07) is 8.04. The highest BCUT2D eigenvalue weighted by Gasteiger charge is 2.23. The molecule has 2 heterocycles. The van der Waals surface area contributed by atoms with Gasteiger partial charge in [0.25, 0.3) is 0 Å². The van der Waals surface area contributed by atoms with Crippen molar-refractivity contribution in [3.63, 3.8) is 0 Å². The molecule has 2 aliphatic heterocycles. The van der Waals surface area contributed by atoms with Gasteiger partial charge in [0.05, 0.1) is 19.3 Å². The number of hydrogen-bond acceptors (Lipinski definition) is 5. The molecule has 1 aromatic rings. The maximum atomic E-state index is 12.4. The quantitative estimate of drug-likeness (QED) is 0.693.